The minimum absolute atomic E-state index is 0.0297. The first-order valence-electron chi connectivity index (χ1n) is 31.5. The fourth-order valence-electron chi connectivity index (χ4n) is 17.7. The van der Waals surface area contributed by atoms with Crippen LogP contribution in [-0.4, -0.2) is 245 Å². The monoisotopic (exact) mass is 1280 g/mol. The smallest absolute Gasteiger partial charge is 0.335 e. The predicted molar refractivity (Wildman–Crippen MR) is 306 cm³/mol. The van der Waals surface area contributed by atoms with Crippen molar-refractivity contribution in [2.24, 2.45) is 50.2 Å². The van der Waals surface area contributed by atoms with Crippen molar-refractivity contribution in [3.05, 3.63) is 35.4 Å². The molecule has 0 spiro atoms. The molecule has 0 amide bonds. The molecule has 1 aromatic carbocycles. The summed E-state index contributed by atoms with van der Waals surface area (Å²) < 4.78 is 59.2. The molecule has 0 bridgehead atoms. The molecule has 1 aromatic rings. The average Bonchev–Trinajstić information content (AvgIpc) is 0.673. The Hall–Kier alpha value is -3.79. The number of ether oxygens (including phenoxy) is 10. The molecule has 27 nitrogen and oxygen atoms in total. The lowest BCUT2D eigenvalue weighted by molar-refractivity contribution is -0.347. The molecule has 4 heterocycles. The lowest BCUT2D eigenvalue weighted by Gasteiger charge is -2.71. The fourth-order valence-corrected chi connectivity index (χ4v) is 17.7. The van der Waals surface area contributed by atoms with Gasteiger partial charge in [-0.1, -0.05) is 66.2 Å². The summed E-state index contributed by atoms with van der Waals surface area (Å²) in [5, 5.41) is 150. The fraction of sp³-hybridized carbons (Fsp3) is 0.825. The number of hydrogen-bond acceptors (Lipinski definition) is 26. The quantitative estimate of drug-likeness (QED) is 0.0548. The van der Waals surface area contributed by atoms with E-state index in [1.165, 1.54) is 19.2 Å². The van der Waals surface area contributed by atoms with Gasteiger partial charge in [0, 0.05) is 6.42 Å². The van der Waals surface area contributed by atoms with E-state index in [0.29, 0.717) is 37.7 Å². The molecule has 14 N–H and O–H groups in total. The Labute approximate surface area is 521 Å². The first-order chi connectivity index (χ1) is 42.2. The third-order valence-electron chi connectivity index (χ3n) is 23.1. The predicted octanol–water partition coefficient (Wildman–Crippen LogP) is -0.786. The number of esters is 2. The molecule has 4 saturated heterocycles. The van der Waals surface area contributed by atoms with Gasteiger partial charge >= 0.3 is 17.9 Å². The second kappa shape index (κ2) is 25.7. The number of allylic oxidation sites excluding steroid dienone is 2. The van der Waals surface area contributed by atoms with Crippen LogP contribution in [0.3, 0.4) is 0 Å². The van der Waals surface area contributed by atoms with E-state index in [4.69, 9.17) is 47.4 Å². The second-order valence-corrected chi connectivity index (χ2v) is 28.9. The van der Waals surface area contributed by atoms with Crippen LogP contribution in [0.25, 0.3) is 0 Å². The third kappa shape index (κ3) is 11.8. The highest BCUT2D eigenvalue weighted by molar-refractivity contribution is 5.80. The van der Waals surface area contributed by atoms with Crippen LogP contribution in [0.5, 0.6) is 11.5 Å². The molecule has 0 radical (unpaired) electrons. The number of aliphatic hydroxyl groups is 13. The summed E-state index contributed by atoms with van der Waals surface area (Å²) in [4.78, 5) is 42.0. The molecule has 5 aliphatic carbocycles. The van der Waals surface area contributed by atoms with Crippen LogP contribution in [0, 0.1) is 50.2 Å². The number of carbonyl (C=O) groups is 3. The van der Waals surface area contributed by atoms with Gasteiger partial charge in [-0.25, -0.2) is 4.79 Å². The number of benzene rings is 1. The van der Waals surface area contributed by atoms with Gasteiger partial charge in [-0.3, -0.25) is 9.59 Å². The Morgan fingerprint density at radius 1 is 0.633 bits per heavy atom. The molecular weight excluding hydrogens is 1190 g/mol. The Bertz CT molecular complexity index is 2780. The van der Waals surface area contributed by atoms with Gasteiger partial charge in [0.25, 0.3) is 0 Å². The average molecular weight is 1280 g/mol. The van der Waals surface area contributed by atoms with E-state index in [9.17, 15) is 81.1 Å². The summed E-state index contributed by atoms with van der Waals surface area (Å²) in [6.45, 7) is 13.1. The van der Waals surface area contributed by atoms with Crippen LogP contribution in [-0.2, 0) is 58.7 Å². The van der Waals surface area contributed by atoms with Gasteiger partial charge in [0.15, 0.2) is 36.3 Å². The zero-order valence-electron chi connectivity index (χ0n) is 52.1. The number of carbonyl (C=O) groups excluding carboxylic acids is 2. The maximum absolute atomic E-state index is 15.7. The normalized spacial score (nSPS) is 47.2. The Balaban J connectivity index is 0.905. The summed E-state index contributed by atoms with van der Waals surface area (Å²) in [7, 11) is 1.33. The lowest BCUT2D eigenvalue weighted by atomic mass is 9.33. The first kappa shape index (κ1) is 69.1. The van der Waals surface area contributed by atoms with E-state index in [1.54, 1.807) is 6.07 Å². The van der Waals surface area contributed by atoms with Gasteiger partial charge in [0.2, 0.25) is 12.6 Å². The number of aliphatic carboxylic acids is 1. The summed E-state index contributed by atoms with van der Waals surface area (Å²) in [6.07, 6.45) is -27.9. The van der Waals surface area contributed by atoms with Crippen LogP contribution in [0.4, 0.5) is 0 Å². The number of aryl methyl sites for hydroxylation is 1. The highest BCUT2D eigenvalue weighted by Gasteiger charge is 2.72. The third-order valence-corrected chi connectivity index (χ3v) is 23.1. The standard InChI is InChI=1S/C63H94O27/c1-58(2)19-20-63(29(22-58)28-11-13-36-60(5)17-16-38(86-55-48(77)44(73)45(74)50(89-55)52(78)79)59(3,4)35(60)15-18-61(36,6)62(28,7)23-37(63)67)57(80)90-56-51(49(30(66)26-82-56)88-54-47(76)43(72)41(70)34(25-65)85-54)87-39(68)14-10-27-9-12-31(32(21-27)81-8)83-53-46(75)42(71)40(69)33(24-64)84-53/h9,11-12,21,29-30,33-38,40-51,53-56,64-67,69-77H,10,13-20,22-26H2,1-8H3,(H,78,79). The van der Waals surface area contributed by atoms with E-state index < -0.39 is 194 Å². The molecule has 27 heteroatoms. The molecule has 0 aromatic heterocycles. The largest absolute Gasteiger partial charge is 0.493 e. The van der Waals surface area contributed by atoms with E-state index in [0.717, 1.165) is 18.4 Å². The molecule has 4 aliphatic heterocycles. The molecule has 10 rings (SSSR count). The summed E-state index contributed by atoms with van der Waals surface area (Å²) >= 11 is 0. The van der Waals surface area contributed by atoms with Gasteiger partial charge in [0.05, 0.1) is 39.1 Å². The van der Waals surface area contributed by atoms with Crippen molar-refractivity contribution in [3.63, 3.8) is 0 Å². The number of fused-ring (bicyclic) bond motifs is 7. The summed E-state index contributed by atoms with van der Waals surface area (Å²) in [5.41, 5.74) is -2.35. The number of carboxylic acid groups (broad SMARTS) is 1. The van der Waals surface area contributed by atoms with Crippen molar-refractivity contribution in [1.82, 2.24) is 0 Å². The van der Waals surface area contributed by atoms with Crippen molar-refractivity contribution < 1.29 is 133 Å². The van der Waals surface area contributed by atoms with Crippen LogP contribution < -0.4 is 9.47 Å². The van der Waals surface area contributed by atoms with Gasteiger partial charge < -0.3 is 119 Å². The van der Waals surface area contributed by atoms with E-state index in [2.05, 4.69) is 54.5 Å². The number of rotatable bonds is 16. The van der Waals surface area contributed by atoms with E-state index in [1.807, 2.05) is 0 Å². The maximum Gasteiger partial charge on any atom is 0.335 e. The van der Waals surface area contributed by atoms with Crippen molar-refractivity contribution in [3.8, 4) is 11.5 Å². The molecular formula is C63H94O27. The van der Waals surface area contributed by atoms with E-state index >= 15 is 4.79 Å². The van der Waals surface area contributed by atoms with Crippen molar-refractivity contribution in [1.29, 1.82) is 0 Å². The topological polar surface area (TPSA) is 427 Å². The van der Waals surface area contributed by atoms with Gasteiger partial charge in [-0.2, -0.15) is 0 Å². The van der Waals surface area contributed by atoms with Crippen LogP contribution in [0.1, 0.15) is 118 Å². The van der Waals surface area contributed by atoms with Gasteiger partial charge in [-0.05, 0) is 127 Å². The summed E-state index contributed by atoms with van der Waals surface area (Å²) in [6, 6.07) is 4.51. The molecule has 28 atom stereocenters. The van der Waals surface area contributed by atoms with Crippen LogP contribution >= 0.6 is 0 Å². The van der Waals surface area contributed by atoms with Gasteiger partial charge in [0.1, 0.15) is 84.8 Å². The minimum atomic E-state index is -1.97. The molecule has 9 aliphatic rings. The van der Waals surface area contributed by atoms with Crippen LogP contribution in [0.15, 0.2) is 29.8 Å². The second-order valence-electron chi connectivity index (χ2n) is 28.9. The number of hydrogen-bond donors (Lipinski definition) is 14. The zero-order valence-corrected chi connectivity index (χ0v) is 52.1. The number of aliphatic hydroxyl groups excluding tert-OH is 13. The van der Waals surface area contributed by atoms with Crippen LogP contribution in [0.2, 0.25) is 0 Å². The highest BCUT2D eigenvalue weighted by atomic mass is 16.8. The van der Waals surface area contributed by atoms with Crippen molar-refractivity contribution in [2.75, 3.05) is 26.9 Å². The molecule has 90 heavy (non-hydrogen) atoms. The Morgan fingerprint density at radius 2 is 1.26 bits per heavy atom. The van der Waals surface area contributed by atoms with Crippen molar-refractivity contribution >= 4 is 17.9 Å². The first-order valence-corrected chi connectivity index (χ1v) is 31.5. The Kier molecular flexibility index (Phi) is 19.8. The van der Waals surface area contributed by atoms with Gasteiger partial charge in [-0.15, -0.1) is 0 Å². The molecule has 508 valence electrons. The summed E-state index contributed by atoms with van der Waals surface area (Å²) in [5.74, 6) is -3.62. The SMILES string of the molecule is COc1cc(CCC(=O)OC2C(OC(=O)C34CCC(C)(C)CC3C3=CCC5C6(C)CCC(OC7OC(C(=O)O)C(O)C(O)C7O)C(C)(C)C6CCC5(C)C3(C)CC4O)OCC(O)C2OC2OC(CO)C(O)C(O)C2O)ccc1OC1OC(CO)C(O)C(O)C1O. The molecule has 4 saturated carbocycles. The van der Waals surface area contributed by atoms with E-state index in [-0.39, 0.29) is 59.8 Å². The maximum atomic E-state index is 15.7. The highest BCUT2D eigenvalue weighted by Crippen LogP contribution is 2.76. The number of carboxylic acids is 1. The zero-order chi connectivity index (χ0) is 65.7. The molecule has 28 unspecified atom stereocenters. The Morgan fingerprint density at radius 3 is 1.89 bits per heavy atom. The molecule has 8 fully saturated rings. The minimum Gasteiger partial charge on any atom is -0.493 e. The lowest BCUT2D eigenvalue weighted by Crippen LogP contribution is -2.68. The number of methoxy groups -OCH3 is 1. The van der Waals surface area contributed by atoms with Crippen molar-refractivity contribution in [2.45, 2.75) is 248 Å².